The molecule has 33 heavy (non-hydrogen) atoms. The smallest absolute Gasteiger partial charge is 0.119 e. The molecule has 0 fully saturated rings. The van der Waals surface area contributed by atoms with E-state index < -0.39 is 6.10 Å². The zero-order valence-corrected chi connectivity index (χ0v) is 19.4. The molecule has 0 saturated heterocycles. The van der Waals surface area contributed by atoms with Crippen molar-refractivity contribution in [2.45, 2.75) is 31.9 Å². The third kappa shape index (κ3) is 10.1. The second kappa shape index (κ2) is 14.3. The van der Waals surface area contributed by atoms with Crippen LogP contribution in [0, 0.1) is 0 Å². The predicted molar refractivity (Wildman–Crippen MR) is 132 cm³/mol. The van der Waals surface area contributed by atoms with Crippen LogP contribution >= 0.6 is 0 Å². The van der Waals surface area contributed by atoms with Crippen LogP contribution in [0.25, 0.3) is 0 Å². The number of hydrogen-bond donors (Lipinski definition) is 2. The quantitative estimate of drug-likeness (QED) is 0.339. The van der Waals surface area contributed by atoms with Crippen molar-refractivity contribution in [2.24, 2.45) is 0 Å². The number of aliphatic hydroxyl groups is 1. The van der Waals surface area contributed by atoms with Crippen molar-refractivity contribution < 1.29 is 19.3 Å². The van der Waals surface area contributed by atoms with Crippen molar-refractivity contribution in [3.8, 4) is 11.5 Å². The fourth-order valence-corrected chi connectivity index (χ4v) is 3.41. The van der Waals surface area contributed by atoms with E-state index in [0.717, 1.165) is 24.3 Å². The standard InChI is InChI=1S/C28H35NO4/c1-23(29-21-26(30)22-33-27-10-6-3-7-11-27)20-25-12-14-28(15-13-25)32-19-18-31-17-16-24-8-4-2-5-9-24/h2-15,23,26,29-30H,16-22H2,1H3/t23-,26+/m1/s1. The Morgan fingerprint density at radius 1 is 0.727 bits per heavy atom. The Balaban J connectivity index is 1.25. The van der Waals surface area contributed by atoms with Crippen molar-refractivity contribution in [1.29, 1.82) is 0 Å². The number of ether oxygens (including phenoxy) is 3. The lowest BCUT2D eigenvalue weighted by molar-refractivity contribution is 0.102. The third-order valence-corrected chi connectivity index (χ3v) is 5.23. The summed E-state index contributed by atoms with van der Waals surface area (Å²) >= 11 is 0. The summed E-state index contributed by atoms with van der Waals surface area (Å²) in [5.74, 6) is 1.62. The summed E-state index contributed by atoms with van der Waals surface area (Å²) in [5.41, 5.74) is 2.50. The van der Waals surface area contributed by atoms with Crippen LogP contribution in [0.1, 0.15) is 18.1 Å². The first-order valence-electron chi connectivity index (χ1n) is 11.6. The van der Waals surface area contributed by atoms with Crippen LogP contribution in [0.4, 0.5) is 0 Å². The molecular weight excluding hydrogens is 414 g/mol. The molecular formula is C28H35NO4. The van der Waals surface area contributed by atoms with E-state index in [9.17, 15) is 5.11 Å². The van der Waals surface area contributed by atoms with Gasteiger partial charge in [-0.2, -0.15) is 0 Å². The molecule has 0 heterocycles. The molecule has 0 spiro atoms. The van der Waals surface area contributed by atoms with Gasteiger partial charge in [-0.25, -0.2) is 0 Å². The molecule has 2 N–H and O–H groups in total. The molecule has 0 aliphatic rings. The van der Waals surface area contributed by atoms with E-state index in [-0.39, 0.29) is 12.6 Å². The van der Waals surface area contributed by atoms with E-state index in [1.165, 1.54) is 11.1 Å². The molecule has 0 aliphatic heterocycles. The molecule has 3 rings (SSSR count). The lowest BCUT2D eigenvalue weighted by Gasteiger charge is -2.18. The first-order valence-corrected chi connectivity index (χ1v) is 11.6. The minimum Gasteiger partial charge on any atom is -0.491 e. The Labute approximate surface area is 197 Å². The topological polar surface area (TPSA) is 60.0 Å². The SMILES string of the molecule is C[C@H](Cc1ccc(OCCOCCc2ccccc2)cc1)NC[C@H](O)COc1ccccc1. The number of para-hydroxylation sites is 1. The Morgan fingerprint density at radius 2 is 1.39 bits per heavy atom. The maximum Gasteiger partial charge on any atom is 0.119 e. The summed E-state index contributed by atoms with van der Waals surface area (Å²) < 4.78 is 17.0. The van der Waals surface area contributed by atoms with Gasteiger partial charge >= 0.3 is 0 Å². The Kier molecular flexibility index (Phi) is 10.8. The van der Waals surface area contributed by atoms with Crippen molar-refractivity contribution in [3.63, 3.8) is 0 Å². The molecule has 5 heteroatoms. The molecule has 2 atom stereocenters. The molecule has 5 nitrogen and oxygen atoms in total. The van der Waals surface area contributed by atoms with Gasteiger partial charge in [-0.3, -0.25) is 0 Å². The van der Waals surface area contributed by atoms with Crippen LogP contribution in [0.5, 0.6) is 11.5 Å². The van der Waals surface area contributed by atoms with Crippen LogP contribution in [0.15, 0.2) is 84.9 Å². The van der Waals surface area contributed by atoms with Crippen LogP contribution in [0.3, 0.4) is 0 Å². The maximum absolute atomic E-state index is 10.1. The van der Waals surface area contributed by atoms with E-state index in [1.54, 1.807) is 0 Å². The molecule has 0 bridgehead atoms. The molecule has 0 aromatic heterocycles. The van der Waals surface area contributed by atoms with E-state index in [1.807, 2.05) is 60.7 Å². The minimum atomic E-state index is -0.557. The van der Waals surface area contributed by atoms with Crippen LogP contribution < -0.4 is 14.8 Å². The van der Waals surface area contributed by atoms with Crippen LogP contribution in [0.2, 0.25) is 0 Å². The molecule has 0 radical (unpaired) electrons. The average molecular weight is 450 g/mol. The van der Waals surface area contributed by atoms with Gasteiger partial charge in [0.05, 0.1) is 13.2 Å². The van der Waals surface area contributed by atoms with Gasteiger partial charge < -0.3 is 24.6 Å². The highest BCUT2D eigenvalue weighted by atomic mass is 16.5. The van der Waals surface area contributed by atoms with Crippen molar-refractivity contribution >= 4 is 0 Å². The summed E-state index contributed by atoms with van der Waals surface area (Å²) in [6, 6.07) is 28.3. The fourth-order valence-electron chi connectivity index (χ4n) is 3.41. The number of hydrogen-bond acceptors (Lipinski definition) is 5. The summed E-state index contributed by atoms with van der Waals surface area (Å²) in [7, 11) is 0. The van der Waals surface area contributed by atoms with Crippen molar-refractivity contribution in [1.82, 2.24) is 5.32 Å². The third-order valence-electron chi connectivity index (χ3n) is 5.23. The van der Waals surface area contributed by atoms with E-state index >= 15 is 0 Å². The maximum atomic E-state index is 10.1. The minimum absolute atomic E-state index is 0.237. The van der Waals surface area contributed by atoms with Gasteiger partial charge in [-0.15, -0.1) is 0 Å². The monoisotopic (exact) mass is 449 g/mol. The van der Waals surface area contributed by atoms with Crippen molar-refractivity contribution in [3.05, 3.63) is 96.1 Å². The van der Waals surface area contributed by atoms with E-state index in [2.05, 4.69) is 36.5 Å². The van der Waals surface area contributed by atoms with Gasteiger partial charge in [0, 0.05) is 12.6 Å². The zero-order chi connectivity index (χ0) is 23.1. The Morgan fingerprint density at radius 3 is 2.12 bits per heavy atom. The Bertz CT molecular complexity index is 887. The molecule has 0 unspecified atom stereocenters. The molecule has 0 aliphatic carbocycles. The highest BCUT2D eigenvalue weighted by Crippen LogP contribution is 2.14. The van der Waals surface area contributed by atoms with E-state index in [0.29, 0.717) is 26.4 Å². The summed E-state index contributed by atoms with van der Waals surface area (Å²) in [4.78, 5) is 0. The average Bonchev–Trinajstić information content (AvgIpc) is 2.86. The number of nitrogens with one attached hydrogen (secondary N) is 1. The zero-order valence-electron chi connectivity index (χ0n) is 19.4. The fraction of sp³-hybridized carbons (Fsp3) is 0.357. The summed E-state index contributed by atoms with van der Waals surface area (Å²) in [5, 5.41) is 13.5. The van der Waals surface area contributed by atoms with Gasteiger partial charge in [0.25, 0.3) is 0 Å². The van der Waals surface area contributed by atoms with Gasteiger partial charge in [-0.05, 0) is 55.2 Å². The second-order valence-corrected chi connectivity index (χ2v) is 8.13. The molecule has 176 valence electrons. The largest absolute Gasteiger partial charge is 0.491 e. The number of rotatable bonds is 15. The normalized spacial score (nSPS) is 12.8. The molecule has 0 amide bonds. The second-order valence-electron chi connectivity index (χ2n) is 8.13. The van der Waals surface area contributed by atoms with Gasteiger partial charge in [0.2, 0.25) is 0 Å². The first-order chi connectivity index (χ1) is 16.2. The summed E-state index contributed by atoms with van der Waals surface area (Å²) in [6.45, 7) is 4.68. The van der Waals surface area contributed by atoms with Gasteiger partial charge in [0.15, 0.2) is 0 Å². The number of aliphatic hydroxyl groups excluding tert-OH is 1. The van der Waals surface area contributed by atoms with E-state index in [4.69, 9.17) is 14.2 Å². The van der Waals surface area contributed by atoms with Gasteiger partial charge in [-0.1, -0.05) is 60.7 Å². The number of benzene rings is 3. The highest BCUT2D eigenvalue weighted by Gasteiger charge is 2.09. The van der Waals surface area contributed by atoms with Crippen LogP contribution in [-0.2, 0) is 17.6 Å². The van der Waals surface area contributed by atoms with Crippen LogP contribution in [-0.4, -0.2) is 50.2 Å². The predicted octanol–water partition coefficient (Wildman–Crippen LogP) is 4.29. The highest BCUT2D eigenvalue weighted by molar-refractivity contribution is 5.27. The Hall–Kier alpha value is -2.86. The first kappa shape index (κ1) is 24.8. The molecule has 0 saturated carbocycles. The lowest BCUT2D eigenvalue weighted by Crippen LogP contribution is -2.37. The lowest BCUT2D eigenvalue weighted by atomic mass is 10.1. The van der Waals surface area contributed by atoms with Gasteiger partial charge in [0.1, 0.15) is 30.8 Å². The summed E-state index contributed by atoms with van der Waals surface area (Å²) in [6.07, 6.45) is 1.23. The molecule has 3 aromatic carbocycles. The molecule has 3 aromatic rings. The van der Waals surface area contributed by atoms with Crippen molar-refractivity contribution in [2.75, 3.05) is 33.0 Å².